The largest absolute Gasteiger partial charge is 0.356 e. The van der Waals surface area contributed by atoms with Gasteiger partial charge in [-0.1, -0.05) is 48.0 Å². The third-order valence-corrected chi connectivity index (χ3v) is 3.48. The van der Waals surface area contributed by atoms with Crippen LogP contribution in [0.1, 0.15) is 54.4 Å². The lowest BCUT2D eigenvalue weighted by molar-refractivity contribution is -0.122. The summed E-state index contributed by atoms with van der Waals surface area (Å²) < 4.78 is 0. The van der Waals surface area contributed by atoms with E-state index in [4.69, 9.17) is 0 Å². The first-order chi connectivity index (χ1) is 7.38. The van der Waals surface area contributed by atoms with Gasteiger partial charge in [0.15, 0.2) is 0 Å². The van der Waals surface area contributed by atoms with Crippen molar-refractivity contribution in [3.8, 4) is 0 Å². The van der Waals surface area contributed by atoms with Gasteiger partial charge in [0, 0.05) is 13.0 Å². The van der Waals surface area contributed by atoms with Gasteiger partial charge in [0.2, 0.25) is 5.91 Å². The summed E-state index contributed by atoms with van der Waals surface area (Å²) in [6.07, 6.45) is 1.74. The number of nitrogens with one attached hydrogen (secondary N) is 1. The Balaban J connectivity index is 3.97. The van der Waals surface area contributed by atoms with Crippen molar-refractivity contribution in [2.45, 2.75) is 54.4 Å². The Bertz CT molecular complexity index is 191. The molecule has 1 amide bonds. The van der Waals surface area contributed by atoms with E-state index in [1.807, 2.05) is 0 Å². The summed E-state index contributed by atoms with van der Waals surface area (Å²) in [5.41, 5.74) is 0. The third-order valence-electron chi connectivity index (χ3n) is 3.48. The van der Waals surface area contributed by atoms with E-state index in [0.717, 1.165) is 13.0 Å². The first-order valence-corrected chi connectivity index (χ1v) is 6.65. The molecule has 1 N–H and O–H groups in total. The minimum atomic E-state index is 0.209. The van der Waals surface area contributed by atoms with Crippen LogP contribution in [0.25, 0.3) is 0 Å². The highest BCUT2D eigenvalue weighted by atomic mass is 16.1. The van der Waals surface area contributed by atoms with Gasteiger partial charge in [-0.15, -0.1) is 0 Å². The van der Waals surface area contributed by atoms with Crippen molar-refractivity contribution >= 4 is 5.91 Å². The van der Waals surface area contributed by atoms with Crippen LogP contribution in [0.15, 0.2) is 0 Å². The molecule has 96 valence electrons. The van der Waals surface area contributed by atoms with E-state index in [1.54, 1.807) is 0 Å². The van der Waals surface area contributed by atoms with Crippen molar-refractivity contribution in [2.75, 3.05) is 6.54 Å². The molecule has 0 radical (unpaired) electrons. The average molecular weight is 227 g/mol. The van der Waals surface area contributed by atoms with Crippen LogP contribution in [0.3, 0.4) is 0 Å². The lowest BCUT2D eigenvalue weighted by Gasteiger charge is -2.25. The van der Waals surface area contributed by atoms with Crippen LogP contribution in [-0.2, 0) is 4.79 Å². The van der Waals surface area contributed by atoms with Crippen LogP contribution < -0.4 is 5.32 Å². The van der Waals surface area contributed by atoms with E-state index in [1.165, 1.54) is 0 Å². The predicted molar refractivity (Wildman–Crippen MR) is 70.2 cm³/mol. The zero-order valence-electron chi connectivity index (χ0n) is 11.8. The smallest absolute Gasteiger partial charge is 0.220 e. The van der Waals surface area contributed by atoms with Crippen molar-refractivity contribution < 1.29 is 4.79 Å². The summed E-state index contributed by atoms with van der Waals surface area (Å²) in [5.74, 6) is 2.55. The third kappa shape index (κ3) is 6.14. The molecular formula is C14H29NO. The van der Waals surface area contributed by atoms with Crippen LogP contribution in [0, 0.1) is 23.7 Å². The minimum absolute atomic E-state index is 0.209. The van der Waals surface area contributed by atoms with Gasteiger partial charge in [-0.05, 0) is 23.7 Å². The average Bonchev–Trinajstić information content (AvgIpc) is 2.16. The molecular weight excluding hydrogens is 198 g/mol. The van der Waals surface area contributed by atoms with E-state index in [9.17, 15) is 4.79 Å². The van der Waals surface area contributed by atoms with E-state index in [2.05, 4.69) is 46.9 Å². The van der Waals surface area contributed by atoms with Gasteiger partial charge in [-0.3, -0.25) is 4.79 Å². The summed E-state index contributed by atoms with van der Waals surface area (Å²) in [6.45, 7) is 14.0. The van der Waals surface area contributed by atoms with Crippen LogP contribution in [0.2, 0.25) is 0 Å². The number of carbonyl (C=O) groups excluding carboxylic acids is 1. The molecule has 0 bridgehead atoms. The number of hydrogen-bond acceptors (Lipinski definition) is 1. The maximum atomic E-state index is 11.7. The Hall–Kier alpha value is -0.530. The molecule has 0 fully saturated rings. The van der Waals surface area contributed by atoms with Crippen molar-refractivity contribution in [2.24, 2.45) is 23.7 Å². The minimum Gasteiger partial charge on any atom is -0.356 e. The Labute approximate surface area is 101 Å². The van der Waals surface area contributed by atoms with E-state index in [0.29, 0.717) is 30.1 Å². The quantitative estimate of drug-likeness (QED) is 0.709. The molecule has 0 saturated heterocycles. The standard InChI is InChI=1S/C14H29NO/c1-7-12(6)8-14(16)15-9-13(10(2)3)11(4)5/h10-13H,7-9H2,1-6H3,(H,15,16). The Morgan fingerprint density at radius 2 is 1.56 bits per heavy atom. The van der Waals surface area contributed by atoms with Crippen molar-refractivity contribution in [1.82, 2.24) is 5.32 Å². The van der Waals surface area contributed by atoms with Crippen LogP contribution in [0.5, 0.6) is 0 Å². The van der Waals surface area contributed by atoms with Gasteiger partial charge in [0.05, 0.1) is 0 Å². The molecule has 0 heterocycles. The van der Waals surface area contributed by atoms with Gasteiger partial charge in [-0.2, -0.15) is 0 Å². The SMILES string of the molecule is CCC(C)CC(=O)NCC(C(C)C)C(C)C. The summed E-state index contributed by atoms with van der Waals surface area (Å²) in [6, 6.07) is 0. The van der Waals surface area contributed by atoms with Crippen molar-refractivity contribution in [1.29, 1.82) is 0 Å². The Kier molecular flexibility index (Phi) is 7.44. The van der Waals surface area contributed by atoms with E-state index in [-0.39, 0.29) is 5.91 Å². The van der Waals surface area contributed by atoms with Crippen molar-refractivity contribution in [3.05, 3.63) is 0 Å². The fourth-order valence-electron chi connectivity index (χ4n) is 2.01. The molecule has 0 aliphatic carbocycles. The van der Waals surface area contributed by atoms with E-state index >= 15 is 0 Å². The fraction of sp³-hybridized carbons (Fsp3) is 0.929. The van der Waals surface area contributed by atoms with Crippen LogP contribution >= 0.6 is 0 Å². The van der Waals surface area contributed by atoms with Crippen molar-refractivity contribution in [3.63, 3.8) is 0 Å². The predicted octanol–water partition coefficient (Wildman–Crippen LogP) is 3.47. The highest BCUT2D eigenvalue weighted by Gasteiger charge is 2.18. The fourth-order valence-corrected chi connectivity index (χ4v) is 2.01. The zero-order chi connectivity index (χ0) is 12.7. The molecule has 0 aromatic rings. The second-order valence-corrected chi connectivity index (χ2v) is 5.67. The molecule has 0 spiro atoms. The second kappa shape index (κ2) is 7.70. The molecule has 0 aromatic heterocycles. The molecule has 2 heteroatoms. The maximum absolute atomic E-state index is 11.7. The normalized spacial score (nSPS) is 13.6. The second-order valence-electron chi connectivity index (χ2n) is 5.67. The van der Waals surface area contributed by atoms with E-state index < -0.39 is 0 Å². The molecule has 1 atom stereocenters. The van der Waals surface area contributed by atoms with Crippen LogP contribution in [-0.4, -0.2) is 12.5 Å². The topological polar surface area (TPSA) is 29.1 Å². The first-order valence-electron chi connectivity index (χ1n) is 6.65. The molecule has 2 nitrogen and oxygen atoms in total. The van der Waals surface area contributed by atoms with Gasteiger partial charge < -0.3 is 5.32 Å². The Morgan fingerprint density at radius 1 is 1.06 bits per heavy atom. The summed E-state index contributed by atoms with van der Waals surface area (Å²) in [5, 5.41) is 3.07. The van der Waals surface area contributed by atoms with Gasteiger partial charge in [0.1, 0.15) is 0 Å². The lowest BCUT2D eigenvalue weighted by atomic mass is 9.85. The Morgan fingerprint density at radius 3 is 1.94 bits per heavy atom. The maximum Gasteiger partial charge on any atom is 0.220 e. The summed E-state index contributed by atoms with van der Waals surface area (Å²) in [7, 11) is 0. The number of rotatable bonds is 7. The van der Waals surface area contributed by atoms with Gasteiger partial charge in [-0.25, -0.2) is 0 Å². The molecule has 0 aromatic carbocycles. The lowest BCUT2D eigenvalue weighted by Crippen LogP contribution is -2.34. The molecule has 1 unspecified atom stereocenters. The van der Waals surface area contributed by atoms with Crippen LogP contribution in [0.4, 0.5) is 0 Å². The number of hydrogen-bond donors (Lipinski definition) is 1. The molecule has 0 rings (SSSR count). The first kappa shape index (κ1) is 15.5. The van der Waals surface area contributed by atoms with Gasteiger partial charge >= 0.3 is 0 Å². The molecule has 0 aliphatic heterocycles. The number of amides is 1. The summed E-state index contributed by atoms with van der Waals surface area (Å²) in [4.78, 5) is 11.7. The van der Waals surface area contributed by atoms with Gasteiger partial charge in [0.25, 0.3) is 0 Å². The zero-order valence-corrected chi connectivity index (χ0v) is 11.8. The highest BCUT2D eigenvalue weighted by molar-refractivity contribution is 5.76. The number of carbonyl (C=O) groups is 1. The monoisotopic (exact) mass is 227 g/mol. The molecule has 16 heavy (non-hydrogen) atoms. The molecule has 0 aliphatic rings. The highest BCUT2D eigenvalue weighted by Crippen LogP contribution is 2.19. The molecule has 0 saturated carbocycles. The summed E-state index contributed by atoms with van der Waals surface area (Å²) >= 11 is 0.